The molecule has 0 aliphatic carbocycles. The first-order chi connectivity index (χ1) is 11.5. The maximum Gasteiger partial charge on any atom is 0.306 e. The molecule has 0 fully saturated rings. The number of carboxylic acids is 1. The predicted molar refractivity (Wildman–Crippen MR) is 100.0 cm³/mol. The minimum absolute atomic E-state index is 0.106. The molecule has 0 spiro atoms. The fraction of sp³-hybridized carbons (Fsp3) is 0.700. The first-order valence-electron chi connectivity index (χ1n) is 9.13. The van der Waals surface area contributed by atoms with Gasteiger partial charge in [0.2, 0.25) is 0 Å². The largest absolute Gasteiger partial charge is 0.481 e. The molecule has 0 bridgehead atoms. The standard InChI is InChI=1S/2C10H18O2/c1-3-5-6-7-8-10(11)12-9-4-2;1-3-5-6-8-9(7-4-2)10(11)12/h4H,2-3,5-9H2,1H3;4,9H,2-3,5-8H2,1H3,(H,11,12). The van der Waals surface area contributed by atoms with Gasteiger partial charge in [-0.3, -0.25) is 9.59 Å². The molecule has 0 amide bonds. The van der Waals surface area contributed by atoms with Crippen LogP contribution >= 0.6 is 0 Å². The van der Waals surface area contributed by atoms with Gasteiger partial charge in [-0.05, 0) is 19.3 Å². The van der Waals surface area contributed by atoms with Crippen molar-refractivity contribution in [1.29, 1.82) is 0 Å². The van der Waals surface area contributed by atoms with Gasteiger partial charge in [0.15, 0.2) is 0 Å². The molecule has 24 heavy (non-hydrogen) atoms. The normalized spacial score (nSPS) is 10.9. The second kappa shape index (κ2) is 19.5. The van der Waals surface area contributed by atoms with Crippen LogP contribution in [0.3, 0.4) is 0 Å². The number of aliphatic carboxylic acids is 1. The maximum absolute atomic E-state index is 10.9. The molecule has 0 rings (SSSR count). The van der Waals surface area contributed by atoms with E-state index in [-0.39, 0.29) is 11.9 Å². The van der Waals surface area contributed by atoms with Gasteiger partial charge in [-0.25, -0.2) is 0 Å². The number of rotatable bonds is 14. The van der Waals surface area contributed by atoms with Crippen LogP contribution in [-0.2, 0) is 14.3 Å². The van der Waals surface area contributed by atoms with Crippen molar-refractivity contribution in [2.24, 2.45) is 5.92 Å². The zero-order valence-corrected chi connectivity index (χ0v) is 15.6. The molecule has 1 atom stereocenters. The zero-order valence-electron chi connectivity index (χ0n) is 15.6. The van der Waals surface area contributed by atoms with Crippen LogP contribution in [-0.4, -0.2) is 23.7 Å². The first kappa shape index (κ1) is 24.7. The van der Waals surface area contributed by atoms with E-state index in [1.807, 2.05) is 0 Å². The molecule has 0 saturated heterocycles. The highest BCUT2D eigenvalue weighted by molar-refractivity contribution is 5.70. The summed E-state index contributed by atoms with van der Waals surface area (Å²) in [4.78, 5) is 21.5. The van der Waals surface area contributed by atoms with E-state index in [0.717, 1.165) is 38.5 Å². The van der Waals surface area contributed by atoms with Crippen LogP contribution < -0.4 is 0 Å². The lowest BCUT2D eigenvalue weighted by Crippen LogP contribution is -2.12. The monoisotopic (exact) mass is 340 g/mol. The van der Waals surface area contributed by atoms with Crippen LogP contribution in [0, 0.1) is 5.92 Å². The van der Waals surface area contributed by atoms with Crippen LogP contribution in [0.5, 0.6) is 0 Å². The van der Waals surface area contributed by atoms with Crippen LogP contribution in [0.1, 0.15) is 78.1 Å². The topological polar surface area (TPSA) is 63.6 Å². The SMILES string of the molecule is C=CCC(CCCCC)C(=O)O.C=CCOC(=O)CCCCCC. The molecule has 0 aromatic rings. The molecular weight excluding hydrogens is 304 g/mol. The number of esters is 1. The van der Waals surface area contributed by atoms with Crippen molar-refractivity contribution in [3.8, 4) is 0 Å². The highest BCUT2D eigenvalue weighted by atomic mass is 16.5. The van der Waals surface area contributed by atoms with Crippen LogP contribution in [0.25, 0.3) is 0 Å². The maximum atomic E-state index is 10.9. The summed E-state index contributed by atoms with van der Waals surface area (Å²) >= 11 is 0. The Bertz CT molecular complexity index is 335. The van der Waals surface area contributed by atoms with E-state index < -0.39 is 5.97 Å². The number of carbonyl (C=O) groups excluding carboxylic acids is 1. The Hall–Kier alpha value is -1.58. The lowest BCUT2D eigenvalue weighted by atomic mass is 9.98. The number of ether oxygens (including phenoxy) is 1. The third-order valence-electron chi connectivity index (χ3n) is 3.55. The molecule has 0 aromatic carbocycles. The minimum atomic E-state index is -0.689. The summed E-state index contributed by atoms with van der Waals surface area (Å²) in [5.41, 5.74) is 0. The second-order valence-electron chi connectivity index (χ2n) is 5.84. The number of hydrogen-bond acceptors (Lipinski definition) is 3. The second-order valence-corrected chi connectivity index (χ2v) is 5.84. The molecule has 4 nitrogen and oxygen atoms in total. The van der Waals surface area contributed by atoms with Gasteiger partial charge in [-0.15, -0.1) is 6.58 Å². The van der Waals surface area contributed by atoms with Gasteiger partial charge < -0.3 is 9.84 Å². The Balaban J connectivity index is 0. The third kappa shape index (κ3) is 18.5. The Kier molecular flexibility index (Phi) is 20.0. The minimum Gasteiger partial charge on any atom is -0.481 e. The molecule has 0 radical (unpaired) electrons. The van der Waals surface area contributed by atoms with Crippen LogP contribution in [0.2, 0.25) is 0 Å². The summed E-state index contributed by atoms with van der Waals surface area (Å²) in [6.45, 7) is 11.6. The Morgan fingerprint density at radius 1 is 1.00 bits per heavy atom. The summed E-state index contributed by atoms with van der Waals surface area (Å²) in [6, 6.07) is 0. The average molecular weight is 341 g/mol. The van der Waals surface area contributed by atoms with Gasteiger partial charge in [0.05, 0.1) is 5.92 Å². The van der Waals surface area contributed by atoms with Crippen molar-refractivity contribution >= 4 is 11.9 Å². The van der Waals surface area contributed by atoms with Gasteiger partial charge >= 0.3 is 11.9 Å². The van der Waals surface area contributed by atoms with Crippen molar-refractivity contribution in [2.45, 2.75) is 78.1 Å². The Morgan fingerprint density at radius 2 is 1.62 bits per heavy atom. The Labute approximate surface area is 148 Å². The number of allylic oxidation sites excluding steroid dienone is 1. The fourth-order valence-electron chi connectivity index (χ4n) is 2.10. The van der Waals surface area contributed by atoms with E-state index >= 15 is 0 Å². The lowest BCUT2D eigenvalue weighted by Gasteiger charge is -2.08. The highest BCUT2D eigenvalue weighted by Crippen LogP contribution is 2.14. The van der Waals surface area contributed by atoms with Gasteiger partial charge in [0.25, 0.3) is 0 Å². The number of unbranched alkanes of at least 4 members (excludes halogenated alkanes) is 5. The summed E-state index contributed by atoms with van der Waals surface area (Å²) in [5.74, 6) is -1.01. The van der Waals surface area contributed by atoms with E-state index in [1.54, 1.807) is 12.2 Å². The van der Waals surface area contributed by atoms with E-state index in [2.05, 4.69) is 27.0 Å². The molecule has 0 aliphatic rings. The summed E-state index contributed by atoms with van der Waals surface area (Å²) in [7, 11) is 0. The lowest BCUT2D eigenvalue weighted by molar-refractivity contribution is -0.143. The van der Waals surface area contributed by atoms with Gasteiger partial charge in [0.1, 0.15) is 6.61 Å². The van der Waals surface area contributed by atoms with E-state index in [4.69, 9.17) is 9.84 Å². The molecule has 1 N–H and O–H groups in total. The van der Waals surface area contributed by atoms with Crippen LogP contribution in [0.15, 0.2) is 25.3 Å². The molecule has 1 unspecified atom stereocenters. The quantitative estimate of drug-likeness (QED) is 0.256. The van der Waals surface area contributed by atoms with Crippen LogP contribution in [0.4, 0.5) is 0 Å². The number of carbonyl (C=O) groups is 2. The van der Waals surface area contributed by atoms with E-state index in [0.29, 0.717) is 19.4 Å². The molecule has 0 aromatic heterocycles. The molecule has 0 aliphatic heterocycles. The third-order valence-corrected chi connectivity index (χ3v) is 3.55. The molecule has 4 heteroatoms. The van der Waals surface area contributed by atoms with Crippen molar-refractivity contribution in [3.05, 3.63) is 25.3 Å². The molecule has 140 valence electrons. The fourth-order valence-corrected chi connectivity index (χ4v) is 2.10. The van der Waals surface area contributed by atoms with Crippen molar-refractivity contribution in [2.75, 3.05) is 6.61 Å². The van der Waals surface area contributed by atoms with Crippen molar-refractivity contribution in [1.82, 2.24) is 0 Å². The van der Waals surface area contributed by atoms with E-state index in [9.17, 15) is 9.59 Å². The van der Waals surface area contributed by atoms with Gasteiger partial charge in [-0.1, -0.05) is 71.1 Å². The van der Waals surface area contributed by atoms with Gasteiger partial charge in [-0.2, -0.15) is 0 Å². The number of hydrogen-bond donors (Lipinski definition) is 1. The summed E-state index contributed by atoms with van der Waals surface area (Å²) in [6.07, 6.45) is 13.0. The van der Waals surface area contributed by atoms with E-state index in [1.165, 1.54) is 12.8 Å². The average Bonchev–Trinajstić information content (AvgIpc) is 2.56. The summed E-state index contributed by atoms with van der Waals surface area (Å²) < 4.78 is 4.81. The first-order valence-corrected chi connectivity index (χ1v) is 9.13. The molecule has 0 saturated carbocycles. The van der Waals surface area contributed by atoms with Gasteiger partial charge in [0, 0.05) is 6.42 Å². The Morgan fingerprint density at radius 3 is 2.12 bits per heavy atom. The zero-order chi connectivity index (χ0) is 18.6. The summed E-state index contributed by atoms with van der Waals surface area (Å²) in [5, 5.41) is 8.76. The highest BCUT2D eigenvalue weighted by Gasteiger charge is 2.14. The molecular formula is C20H36O4. The number of carboxylic acid groups (broad SMARTS) is 1. The predicted octanol–water partition coefficient (Wildman–Crippen LogP) is 5.53. The van der Waals surface area contributed by atoms with Crippen molar-refractivity contribution < 1.29 is 19.4 Å². The van der Waals surface area contributed by atoms with Crippen molar-refractivity contribution in [3.63, 3.8) is 0 Å². The molecule has 0 heterocycles. The smallest absolute Gasteiger partial charge is 0.306 e.